The Morgan fingerprint density at radius 1 is 1.00 bits per heavy atom. The van der Waals surface area contributed by atoms with Crippen LogP contribution in [0, 0.1) is 0 Å². The summed E-state index contributed by atoms with van der Waals surface area (Å²) < 4.78 is 28.5. The number of hydrogen-bond acceptors (Lipinski definition) is 5. The van der Waals surface area contributed by atoms with Crippen LogP contribution in [-0.4, -0.2) is 26.3 Å². The summed E-state index contributed by atoms with van der Waals surface area (Å²) in [6.07, 6.45) is 1.20. The monoisotopic (exact) mass is 359 g/mol. The summed E-state index contributed by atoms with van der Waals surface area (Å²) >= 11 is 1.56. The second kappa shape index (κ2) is 6.75. The number of hydrogen-bond donors (Lipinski definition) is 0. The molecular weight excluding hydrogens is 342 g/mol. The minimum absolute atomic E-state index is 0.313. The van der Waals surface area contributed by atoms with Gasteiger partial charge in [-0.2, -0.15) is 0 Å². The zero-order valence-corrected chi connectivity index (χ0v) is 15.0. The van der Waals surface area contributed by atoms with Gasteiger partial charge in [0.2, 0.25) is 0 Å². The highest BCUT2D eigenvalue weighted by Crippen LogP contribution is 2.30. The van der Waals surface area contributed by atoms with E-state index in [1.54, 1.807) is 35.6 Å². The fraction of sp³-hybridized carbons (Fsp3) is 0.167. The fourth-order valence-electron chi connectivity index (χ4n) is 2.27. The lowest BCUT2D eigenvalue weighted by atomic mass is 10.2. The summed E-state index contributed by atoms with van der Waals surface area (Å²) in [5.41, 5.74) is 2.77. The molecule has 0 radical (unpaired) electrons. The number of thiazole rings is 1. The van der Waals surface area contributed by atoms with Gasteiger partial charge < -0.3 is 4.74 Å². The Bertz CT molecular complexity index is 927. The summed E-state index contributed by atoms with van der Waals surface area (Å²) in [5.74, 6) is 0.842. The summed E-state index contributed by atoms with van der Waals surface area (Å²) in [5, 5.41) is 2.89. The number of ether oxygens (including phenoxy) is 1. The Morgan fingerprint density at radius 2 is 1.62 bits per heavy atom. The second-order valence-corrected chi connectivity index (χ2v) is 8.17. The topological polar surface area (TPSA) is 56.3 Å². The van der Waals surface area contributed by atoms with Crippen molar-refractivity contribution in [1.29, 1.82) is 0 Å². The van der Waals surface area contributed by atoms with Gasteiger partial charge >= 0.3 is 0 Å². The van der Waals surface area contributed by atoms with Crippen LogP contribution in [0.3, 0.4) is 0 Å². The number of rotatable bonds is 5. The molecule has 0 saturated heterocycles. The number of nitrogens with zero attached hydrogens (tertiary/aromatic N) is 1. The lowest BCUT2D eigenvalue weighted by molar-refractivity contribution is 0.340. The van der Waals surface area contributed by atoms with Crippen molar-refractivity contribution in [1.82, 2.24) is 4.98 Å². The Labute approximate surface area is 145 Å². The van der Waals surface area contributed by atoms with Gasteiger partial charge in [-0.25, -0.2) is 13.4 Å². The Morgan fingerprint density at radius 3 is 2.21 bits per heavy atom. The van der Waals surface area contributed by atoms with Gasteiger partial charge in [0.25, 0.3) is 0 Å². The van der Waals surface area contributed by atoms with E-state index in [-0.39, 0.29) is 0 Å². The van der Waals surface area contributed by atoms with Crippen molar-refractivity contribution in [2.24, 2.45) is 0 Å². The highest BCUT2D eigenvalue weighted by Gasteiger charge is 2.10. The average molecular weight is 359 g/mol. The zero-order chi connectivity index (χ0) is 17.2. The molecule has 6 heteroatoms. The molecule has 1 aromatic heterocycles. The Kier molecular flexibility index (Phi) is 4.69. The van der Waals surface area contributed by atoms with Crippen LogP contribution in [0.4, 0.5) is 0 Å². The van der Waals surface area contributed by atoms with E-state index >= 15 is 0 Å². The quantitative estimate of drug-likeness (QED) is 0.682. The molecule has 3 rings (SSSR count). The summed E-state index contributed by atoms with van der Waals surface area (Å²) in [7, 11) is -3.18. The van der Waals surface area contributed by atoms with Crippen LogP contribution in [0.2, 0.25) is 0 Å². The van der Waals surface area contributed by atoms with Crippen molar-refractivity contribution < 1.29 is 13.2 Å². The van der Waals surface area contributed by atoms with Gasteiger partial charge in [0.1, 0.15) is 10.8 Å². The first-order valence-corrected chi connectivity index (χ1v) is 10.2. The highest BCUT2D eigenvalue weighted by atomic mass is 32.2. The maximum Gasteiger partial charge on any atom is 0.175 e. The van der Waals surface area contributed by atoms with E-state index in [1.807, 2.05) is 36.6 Å². The van der Waals surface area contributed by atoms with Gasteiger partial charge in [0, 0.05) is 22.8 Å². The van der Waals surface area contributed by atoms with Crippen LogP contribution < -0.4 is 4.74 Å². The molecule has 0 aliphatic carbocycles. The van der Waals surface area contributed by atoms with E-state index in [4.69, 9.17) is 4.74 Å². The summed E-state index contributed by atoms with van der Waals surface area (Å²) in [4.78, 5) is 4.96. The van der Waals surface area contributed by atoms with E-state index in [9.17, 15) is 8.42 Å². The lowest BCUT2D eigenvalue weighted by Gasteiger charge is -2.03. The van der Waals surface area contributed by atoms with Gasteiger partial charge in [-0.15, -0.1) is 11.3 Å². The molecule has 0 amide bonds. The van der Waals surface area contributed by atoms with E-state index < -0.39 is 9.84 Å². The zero-order valence-electron chi connectivity index (χ0n) is 13.4. The normalized spacial score (nSPS) is 11.4. The van der Waals surface area contributed by atoms with Crippen molar-refractivity contribution in [3.63, 3.8) is 0 Å². The molecule has 0 aliphatic heterocycles. The molecule has 1 heterocycles. The molecule has 2 aromatic carbocycles. The largest absolute Gasteiger partial charge is 0.494 e. The van der Waals surface area contributed by atoms with Crippen LogP contribution in [-0.2, 0) is 9.84 Å². The van der Waals surface area contributed by atoms with E-state index in [0.717, 1.165) is 27.6 Å². The standard InChI is InChI=1S/C18H17NO3S2/c1-3-22-15-8-4-14(5-9-15)18-19-17(12-23-18)13-6-10-16(11-7-13)24(2,20)21/h4-12H,3H2,1-2H3. The molecule has 0 N–H and O–H groups in total. The van der Waals surface area contributed by atoms with Crippen molar-refractivity contribution in [3.8, 4) is 27.6 Å². The van der Waals surface area contributed by atoms with Gasteiger partial charge in [-0.05, 0) is 43.3 Å². The number of benzene rings is 2. The van der Waals surface area contributed by atoms with Crippen LogP contribution in [0.25, 0.3) is 21.8 Å². The average Bonchev–Trinajstić information content (AvgIpc) is 3.05. The Hall–Kier alpha value is -2.18. The third-order valence-electron chi connectivity index (χ3n) is 3.49. The molecule has 0 atom stereocenters. The van der Waals surface area contributed by atoms with Crippen LogP contribution in [0.15, 0.2) is 58.8 Å². The molecule has 0 unspecified atom stereocenters. The molecule has 0 aliphatic rings. The van der Waals surface area contributed by atoms with Crippen molar-refractivity contribution >= 4 is 21.2 Å². The molecule has 0 spiro atoms. The number of aromatic nitrogens is 1. The van der Waals surface area contributed by atoms with Crippen molar-refractivity contribution in [3.05, 3.63) is 53.9 Å². The molecule has 124 valence electrons. The third kappa shape index (κ3) is 3.66. The maximum absolute atomic E-state index is 11.5. The summed E-state index contributed by atoms with van der Waals surface area (Å²) in [6, 6.07) is 14.6. The molecule has 0 bridgehead atoms. The summed E-state index contributed by atoms with van der Waals surface area (Å²) in [6.45, 7) is 2.60. The fourth-order valence-corrected chi connectivity index (χ4v) is 3.74. The van der Waals surface area contributed by atoms with Crippen molar-refractivity contribution in [2.45, 2.75) is 11.8 Å². The predicted molar refractivity (Wildman–Crippen MR) is 97.3 cm³/mol. The van der Waals surface area contributed by atoms with Gasteiger partial charge in [-0.1, -0.05) is 12.1 Å². The minimum Gasteiger partial charge on any atom is -0.494 e. The highest BCUT2D eigenvalue weighted by molar-refractivity contribution is 7.90. The molecule has 4 nitrogen and oxygen atoms in total. The first kappa shape index (κ1) is 16.7. The number of sulfone groups is 1. The molecule has 0 fully saturated rings. The van der Waals surface area contributed by atoms with Gasteiger partial charge in [0.15, 0.2) is 9.84 Å². The van der Waals surface area contributed by atoms with E-state index in [1.165, 1.54) is 6.26 Å². The van der Waals surface area contributed by atoms with Crippen LogP contribution >= 0.6 is 11.3 Å². The maximum atomic E-state index is 11.5. The van der Waals surface area contributed by atoms with E-state index in [0.29, 0.717) is 11.5 Å². The van der Waals surface area contributed by atoms with Gasteiger partial charge in [-0.3, -0.25) is 0 Å². The molecular formula is C18H17NO3S2. The first-order valence-electron chi connectivity index (χ1n) is 7.46. The Balaban J connectivity index is 1.85. The van der Waals surface area contributed by atoms with Crippen LogP contribution in [0.5, 0.6) is 5.75 Å². The van der Waals surface area contributed by atoms with Crippen molar-refractivity contribution in [2.75, 3.05) is 12.9 Å². The third-order valence-corrected chi connectivity index (χ3v) is 5.51. The van der Waals surface area contributed by atoms with Gasteiger partial charge in [0.05, 0.1) is 17.2 Å². The van der Waals surface area contributed by atoms with E-state index in [2.05, 4.69) is 4.98 Å². The molecule has 3 aromatic rings. The van der Waals surface area contributed by atoms with Crippen LogP contribution in [0.1, 0.15) is 6.92 Å². The second-order valence-electron chi connectivity index (χ2n) is 5.29. The predicted octanol–water partition coefficient (Wildman–Crippen LogP) is 4.28. The minimum atomic E-state index is -3.18. The SMILES string of the molecule is CCOc1ccc(-c2nc(-c3ccc(S(C)(=O)=O)cc3)cs2)cc1. The molecule has 0 saturated carbocycles. The molecule has 24 heavy (non-hydrogen) atoms. The first-order chi connectivity index (χ1) is 11.5. The lowest BCUT2D eigenvalue weighted by Crippen LogP contribution is -1.96. The smallest absolute Gasteiger partial charge is 0.175 e.